The van der Waals surface area contributed by atoms with Crippen molar-refractivity contribution in [3.63, 3.8) is 0 Å². The third-order valence-corrected chi connectivity index (χ3v) is 11.1. The quantitative estimate of drug-likeness (QED) is 0.0596. The summed E-state index contributed by atoms with van der Waals surface area (Å²) in [5.41, 5.74) is 21.3. The van der Waals surface area contributed by atoms with Gasteiger partial charge in [-0.15, -0.1) is 0 Å². The summed E-state index contributed by atoms with van der Waals surface area (Å²) in [4.78, 5) is 70.8. The van der Waals surface area contributed by atoms with Crippen molar-refractivity contribution in [3.05, 3.63) is 82.4 Å². The number of nitrogens with zero attached hydrogens (tertiary/aromatic N) is 1. The second-order valence-electron chi connectivity index (χ2n) is 15.6. The zero-order valence-corrected chi connectivity index (χ0v) is 37.2. The number of hydrogen-bond donors (Lipinski definition) is 8. The predicted molar refractivity (Wildman–Crippen MR) is 238 cm³/mol. The maximum atomic E-state index is 14.6. The molecular weight excluding hydrogens is 833 g/mol. The van der Waals surface area contributed by atoms with Crippen molar-refractivity contribution in [2.45, 2.75) is 96.3 Å². The van der Waals surface area contributed by atoms with E-state index >= 15 is 0 Å². The van der Waals surface area contributed by atoms with E-state index in [4.69, 9.17) is 26.7 Å². The first-order valence-electron chi connectivity index (χ1n) is 21.2. The fourth-order valence-electron chi connectivity index (χ4n) is 7.38. The maximum absolute atomic E-state index is 14.6. The number of ether oxygens (including phenoxy) is 2. The van der Waals surface area contributed by atoms with Gasteiger partial charge in [0.05, 0.1) is 0 Å². The van der Waals surface area contributed by atoms with Gasteiger partial charge in [0.2, 0.25) is 17.7 Å². The highest BCUT2D eigenvalue weighted by Crippen LogP contribution is 2.40. The van der Waals surface area contributed by atoms with Crippen molar-refractivity contribution in [1.82, 2.24) is 25.6 Å². The number of rotatable bonds is 20. The zero-order chi connectivity index (χ0) is 46.3. The first-order valence-corrected chi connectivity index (χ1v) is 22.7. The number of nitrogens with two attached hydrogens (primary N) is 3. The lowest BCUT2D eigenvalue weighted by atomic mass is 9.93. The van der Waals surface area contributed by atoms with Crippen molar-refractivity contribution in [2.24, 2.45) is 17.2 Å². The molecule has 4 bridgehead atoms. The van der Waals surface area contributed by atoms with Crippen molar-refractivity contribution in [1.29, 1.82) is 0 Å². The summed E-state index contributed by atoms with van der Waals surface area (Å²) in [5, 5.41) is 7.91. The van der Waals surface area contributed by atoms with E-state index in [0.29, 0.717) is 33.8 Å². The van der Waals surface area contributed by atoms with E-state index in [9.17, 15) is 36.9 Å². The molecule has 19 heteroatoms. The minimum Gasteiger partial charge on any atom is -0.492 e. The highest BCUT2D eigenvalue weighted by Gasteiger charge is 2.36. The van der Waals surface area contributed by atoms with Gasteiger partial charge in [-0.25, -0.2) is 4.72 Å². The molecule has 0 aromatic heterocycles. The predicted octanol–water partition coefficient (Wildman–Crippen LogP) is 1.96. The van der Waals surface area contributed by atoms with Crippen molar-refractivity contribution >= 4 is 39.8 Å². The van der Waals surface area contributed by atoms with Gasteiger partial charge in [-0.2, -0.15) is 8.42 Å². The zero-order valence-electron chi connectivity index (χ0n) is 36.4. The molecule has 0 saturated heterocycles. The molecule has 0 saturated carbocycles. The molecule has 4 rings (SSSR count). The highest BCUT2D eigenvalue weighted by atomic mass is 32.2. The molecule has 344 valence electrons. The summed E-state index contributed by atoms with van der Waals surface area (Å²) in [7, 11) is -3.64. The Balaban J connectivity index is 1.80. The minimum atomic E-state index is -5.03. The van der Waals surface area contributed by atoms with Gasteiger partial charge in [-0.05, 0) is 92.2 Å². The maximum Gasteiger partial charge on any atom is 0.359 e. The van der Waals surface area contributed by atoms with Gasteiger partial charge in [0.1, 0.15) is 48.9 Å². The van der Waals surface area contributed by atoms with Crippen molar-refractivity contribution in [3.8, 4) is 22.6 Å². The van der Waals surface area contributed by atoms with Gasteiger partial charge >= 0.3 is 10.3 Å². The molecule has 63 heavy (non-hydrogen) atoms. The van der Waals surface area contributed by atoms with Crippen LogP contribution in [0.25, 0.3) is 11.1 Å². The Labute approximate surface area is 369 Å². The van der Waals surface area contributed by atoms with Crippen LogP contribution in [-0.2, 0) is 42.3 Å². The van der Waals surface area contributed by atoms with Crippen LogP contribution in [0.4, 0.5) is 0 Å². The average Bonchev–Trinajstić information content (AvgIpc) is 3.23. The molecule has 4 atom stereocenters. The van der Waals surface area contributed by atoms with Crippen LogP contribution in [0.15, 0.2) is 54.6 Å². The monoisotopic (exact) mass is 894 g/mol. The lowest BCUT2D eigenvalue weighted by molar-refractivity contribution is -0.141. The summed E-state index contributed by atoms with van der Waals surface area (Å²) in [5.74, 6) is -3.49. The SMILES string of the molecule is CCCCCCCc1ccc(C(=O)N[C@@H](CCN)C(=O)N(C)[C@@H]2C(=O)N[C@@H](C)C(=O)N[C@H](C(=O)NS(=O)(=O)O)Cc3ccc(OCCN)c(c3)-c3cc2ccc3OCCN)c(C)c1. The molecule has 3 aromatic carbocycles. The smallest absolute Gasteiger partial charge is 0.359 e. The van der Waals surface area contributed by atoms with Crippen LogP contribution < -0.4 is 47.3 Å². The molecule has 11 N–H and O–H groups in total. The van der Waals surface area contributed by atoms with Gasteiger partial charge in [0.15, 0.2) is 0 Å². The largest absolute Gasteiger partial charge is 0.492 e. The first-order chi connectivity index (χ1) is 30.0. The number of nitrogens with one attached hydrogen (secondary N) is 4. The minimum absolute atomic E-state index is 0.0140. The van der Waals surface area contributed by atoms with E-state index in [1.54, 1.807) is 42.5 Å². The Hall–Kier alpha value is -5.60. The number of carbonyl (C=O) groups excluding carboxylic acids is 5. The number of hydrogen-bond acceptors (Lipinski definition) is 12. The summed E-state index contributed by atoms with van der Waals surface area (Å²) in [6, 6.07) is 9.74. The van der Waals surface area contributed by atoms with Crippen LogP contribution in [-0.4, -0.2) is 105 Å². The number of fused-ring (bicyclic) bond motifs is 5. The third kappa shape index (κ3) is 14.2. The number of unbranched alkanes of at least 4 members (excludes halogenated alkanes) is 4. The van der Waals surface area contributed by atoms with Crippen LogP contribution in [0.2, 0.25) is 0 Å². The first kappa shape index (κ1) is 50.0. The summed E-state index contributed by atoms with van der Waals surface area (Å²) in [6.07, 6.45) is 6.33. The molecule has 1 aliphatic heterocycles. The number of benzene rings is 3. The second kappa shape index (κ2) is 23.7. The Bertz CT molecular complexity index is 2200. The topological polar surface area (TPSA) is 288 Å². The third-order valence-electron chi connectivity index (χ3n) is 10.6. The Morgan fingerprint density at radius 1 is 0.873 bits per heavy atom. The molecule has 0 spiro atoms. The highest BCUT2D eigenvalue weighted by molar-refractivity contribution is 7.84. The fraction of sp³-hybridized carbons (Fsp3) is 0.477. The fourth-order valence-corrected chi connectivity index (χ4v) is 7.78. The van der Waals surface area contributed by atoms with E-state index in [-0.39, 0.29) is 51.3 Å². The van der Waals surface area contributed by atoms with E-state index in [1.165, 1.54) is 31.5 Å². The van der Waals surface area contributed by atoms with E-state index in [1.807, 2.05) is 19.1 Å². The molecule has 0 fully saturated rings. The molecule has 1 aliphatic rings. The molecule has 0 radical (unpaired) electrons. The number of aryl methyl sites for hydroxylation is 2. The van der Waals surface area contributed by atoms with Gasteiger partial charge in [0, 0.05) is 43.2 Å². The summed E-state index contributed by atoms with van der Waals surface area (Å²) in [6.45, 7) is 5.85. The molecular formula is C44H62N8O10S. The summed E-state index contributed by atoms with van der Waals surface area (Å²) >= 11 is 0. The van der Waals surface area contributed by atoms with E-state index < -0.39 is 64.0 Å². The van der Waals surface area contributed by atoms with Gasteiger partial charge in [-0.1, -0.05) is 56.9 Å². The normalized spacial score (nSPS) is 17.0. The number of amides is 5. The standard InChI is InChI=1S/C44H62N8O10S/c1-5-6-7-8-9-10-29-11-14-32(27(2)23-29)41(54)49-35(17-18-45)44(57)52(4)39-31-13-16-38(62-22-20-47)34(26-31)33-24-30(12-15-37(33)61-21-19-46)25-36(42(55)51-63(58,59)60)50-40(53)28(3)48-43(39)56/h11-16,23-24,26,28,35-36,39H,5-10,17-22,25,45-47H2,1-4H3,(H,48,56)(H,49,54)(H,50,53)(H,51,55)(H,58,59,60)/t28-,35-,36-,39-/m0/s1. The lowest BCUT2D eigenvalue weighted by Crippen LogP contribution is -2.56. The van der Waals surface area contributed by atoms with Gasteiger partial charge in [0.25, 0.3) is 11.8 Å². The molecule has 5 amide bonds. The van der Waals surface area contributed by atoms with Crippen molar-refractivity contribution < 1.29 is 46.4 Å². The van der Waals surface area contributed by atoms with E-state index in [0.717, 1.165) is 41.7 Å². The lowest BCUT2D eigenvalue weighted by Gasteiger charge is -2.32. The van der Waals surface area contributed by atoms with Crippen LogP contribution >= 0.6 is 0 Å². The van der Waals surface area contributed by atoms with Gasteiger partial charge in [-0.3, -0.25) is 28.5 Å². The van der Waals surface area contributed by atoms with Crippen LogP contribution in [0.5, 0.6) is 11.5 Å². The molecule has 1 heterocycles. The Morgan fingerprint density at radius 3 is 2.14 bits per heavy atom. The summed E-state index contributed by atoms with van der Waals surface area (Å²) < 4.78 is 46.3. The Morgan fingerprint density at radius 2 is 1.52 bits per heavy atom. The molecule has 0 unspecified atom stereocenters. The van der Waals surface area contributed by atoms with Crippen LogP contribution in [0.3, 0.4) is 0 Å². The number of likely N-dealkylation sites (N-methyl/N-ethyl adjacent to an activating group) is 1. The molecule has 3 aromatic rings. The van der Waals surface area contributed by atoms with Crippen LogP contribution in [0, 0.1) is 6.92 Å². The average molecular weight is 895 g/mol. The second-order valence-corrected chi connectivity index (χ2v) is 16.7. The molecule has 18 nitrogen and oxygen atoms in total. The van der Waals surface area contributed by atoms with Crippen molar-refractivity contribution in [2.75, 3.05) is 39.9 Å². The number of carbonyl (C=O) groups is 5. The van der Waals surface area contributed by atoms with Gasteiger partial charge < -0.3 is 47.5 Å². The van der Waals surface area contributed by atoms with E-state index in [2.05, 4.69) is 22.9 Å². The molecule has 0 aliphatic carbocycles. The van der Waals surface area contributed by atoms with Crippen LogP contribution in [0.1, 0.15) is 91.0 Å². The Kier molecular flexibility index (Phi) is 18.9.